The van der Waals surface area contributed by atoms with Gasteiger partial charge in [-0.05, 0) is 76.9 Å². The van der Waals surface area contributed by atoms with E-state index in [2.05, 4.69) is 63.9 Å². The zero-order valence-corrected chi connectivity index (χ0v) is 36.7. The molecule has 2 aromatic heterocycles. The van der Waals surface area contributed by atoms with Crippen LogP contribution in [0.4, 0.5) is 4.79 Å². The molecule has 0 saturated carbocycles. The van der Waals surface area contributed by atoms with E-state index in [1.54, 1.807) is 7.11 Å². The zero-order valence-electron chi connectivity index (χ0n) is 36.7. The molecule has 3 aromatic carbocycles. The Kier molecular flexibility index (Phi) is 12.3. The van der Waals surface area contributed by atoms with E-state index in [0.29, 0.717) is 44.4 Å². The van der Waals surface area contributed by atoms with Crippen molar-refractivity contribution in [3.8, 4) is 28.1 Å². The molecule has 5 heterocycles. The van der Waals surface area contributed by atoms with Gasteiger partial charge in [0.25, 0.3) is 0 Å². The number of methoxy groups -OCH3 is 3. The fourth-order valence-corrected chi connectivity index (χ4v) is 9.45. The van der Waals surface area contributed by atoms with Gasteiger partial charge in [-0.15, -0.1) is 0 Å². The fourth-order valence-electron chi connectivity index (χ4n) is 9.45. The molecular weight excluding hydrogens is 793 g/mol. The molecule has 3 amide bonds. The highest BCUT2D eigenvalue weighted by Crippen LogP contribution is 2.44. The third-order valence-corrected chi connectivity index (χ3v) is 12.6. The van der Waals surface area contributed by atoms with Crippen molar-refractivity contribution < 1.29 is 38.4 Å². The first-order valence-electron chi connectivity index (χ1n) is 21.5. The number of nitrogens with zero attached hydrogens (tertiary/aromatic N) is 4. The number of amides is 3. The van der Waals surface area contributed by atoms with Crippen LogP contribution in [0.15, 0.2) is 48.7 Å². The first-order valence-corrected chi connectivity index (χ1v) is 21.5. The minimum Gasteiger partial charge on any atom is -0.488 e. The number of carbonyl (C=O) groups excluding carboxylic acids is 3. The van der Waals surface area contributed by atoms with E-state index < -0.39 is 24.6 Å². The Morgan fingerprint density at radius 2 is 1.65 bits per heavy atom. The molecule has 3 aliphatic rings. The van der Waals surface area contributed by atoms with Crippen LogP contribution in [-0.2, 0) is 30.4 Å². The van der Waals surface area contributed by atoms with Crippen LogP contribution in [0.1, 0.15) is 76.8 Å². The van der Waals surface area contributed by atoms with E-state index in [1.165, 1.54) is 14.2 Å². The quantitative estimate of drug-likeness (QED) is 0.0869. The van der Waals surface area contributed by atoms with Gasteiger partial charge >= 0.3 is 6.09 Å². The normalized spacial score (nSPS) is 21.3. The Morgan fingerprint density at radius 1 is 0.903 bits per heavy atom. The molecule has 3 aliphatic heterocycles. The number of alkyl carbamates (subject to hydrolysis) is 1. The van der Waals surface area contributed by atoms with Gasteiger partial charge in [-0.25, -0.2) is 14.8 Å². The number of ether oxygens (including phenoxy) is 4. The fraction of sp³-hybridized carbons (Fsp3) is 0.500. The number of aliphatic hydroxyl groups excluding tert-OH is 1. The van der Waals surface area contributed by atoms with Gasteiger partial charge in [0.2, 0.25) is 18.2 Å². The van der Waals surface area contributed by atoms with E-state index in [-0.39, 0.29) is 47.6 Å². The smallest absolute Gasteiger partial charge is 0.407 e. The van der Waals surface area contributed by atoms with Crippen molar-refractivity contribution in [3.05, 3.63) is 65.9 Å². The molecule has 16 heteroatoms. The monoisotopic (exact) mass is 850 g/mol. The topological polar surface area (TPSA) is 196 Å². The lowest BCUT2D eigenvalue weighted by atomic mass is 9.92. The van der Waals surface area contributed by atoms with Gasteiger partial charge in [-0.3, -0.25) is 14.9 Å². The Bertz CT molecular complexity index is 2460. The molecule has 0 aliphatic carbocycles. The number of nitrogens with one attached hydrogen (secondary N) is 4. The number of H-pyrrole nitrogens is 2. The first-order chi connectivity index (χ1) is 29.8. The Balaban J connectivity index is 1.05. The summed E-state index contributed by atoms with van der Waals surface area (Å²) in [5.41, 5.74) is 6.56. The van der Waals surface area contributed by atoms with Crippen LogP contribution >= 0.6 is 0 Å². The molecule has 330 valence electrons. The number of hydrogen-bond donors (Lipinski definition) is 5. The van der Waals surface area contributed by atoms with Crippen molar-refractivity contribution in [1.82, 2.24) is 40.4 Å². The zero-order chi connectivity index (χ0) is 44.0. The van der Waals surface area contributed by atoms with Gasteiger partial charge in [-0.2, -0.15) is 0 Å². The predicted octanol–water partition coefficient (Wildman–Crippen LogP) is 6.03. The number of benzene rings is 3. The summed E-state index contributed by atoms with van der Waals surface area (Å²) in [5.74, 6) is 2.04. The summed E-state index contributed by atoms with van der Waals surface area (Å²) < 4.78 is 21.8. The maximum atomic E-state index is 14.1. The molecule has 0 spiro atoms. The van der Waals surface area contributed by atoms with Crippen molar-refractivity contribution in [1.29, 1.82) is 0 Å². The average Bonchev–Trinajstić information content (AvgIpc) is 4.09. The van der Waals surface area contributed by atoms with Gasteiger partial charge in [0.05, 0.1) is 54.8 Å². The molecular formula is C46H58N8O8. The van der Waals surface area contributed by atoms with Crippen molar-refractivity contribution in [2.45, 2.75) is 84.6 Å². The molecule has 7 atom stereocenters. The number of aromatic nitrogens is 4. The van der Waals surface area contributed by atoms with Crippen molar-refractivity contribution in [2.24, 2.45) is 23.7 Å². The van der Waals surface area contributed by atoms with Crippen LogP contribution in [0.2, 0.25) is 0 Å². The molecule has 0 bridgehead atoms. The second-order valence-corrected chi connectivity index (χ2v) is 17.7. The molecule has 62 heavy (non-hydrogen) atoms. The van der Waals surface area contributed by atoms with Crippen LogP contribution in [0.3, 0.4) is 0 Å². The lowest BCUT2D eigenvalue weighted by Crippen LogP contribution is -2.53. The van der Waals surface area contributed by atoms with E-state index in [9.17, 15) is 19.5 Å². The third kappa shape index (κ3) is 8.23. The van der Waals surface area contributed by atoms with Gasteiger partial charge in [0.1, 0.15) is 30.0 Å². The number of aliphatic hydroxyl groups is 1. The summed E-state index contributed by atoms with van der Waals surface area (Å²) in [5, 5.41) is 17.8. The molecule has 16 nitrogen and oxygen atoms in total. The first kappa shape index (κ1) is 43.1. The summed E-state index contributed by atoms with van der Waals surface area (Å²) in [6.07, 6.45) is 1.34. The summed E-state index contributed by atoms with van der Waals surface area (Å²) in [7, 11) is 4.35. The third-order valence-electron chi connectivity index (χ3n) is 12.6. The van der Waals surface area contributed by atoms with Gasteiger partial charge in [-0.1, -0.05) is 52.8 Å². The van der Waals surface area contributed by atoms with E-state index in [4.69, 9.17) is 28.9 Å². The van der Waals surface area contributed by atoms with Gasteiger partial charge < -0.3 is 49.1 Å². The summed E-state index contributed by atoms with van der Waals surface area (Å²) in [6, 6.07) is 12.7. The summed E-state index contributed by atoms with van der Waals surface area (Å²) in [6.45, 7) is 11.8. The highest BCUT2D eigenvalue weighted by Gasteiger charge is 2.42. The number of hydrogen-bond acceptors (Lipinski definition) is 11. The van der Waals surface area contributed by atoms with Crippen molar-refractivity contribution in [2.75, 3.05) is 41.0 Å². The van der Waals surface area contributed by atoms with Crippen LogP contribution < -0.4 is 15.4 Å². The predicted molar refractivity (Wildman–Crippen MR) is 233 cm³/mol. The number of rotatable bonds is 13. The van der Waals surface area contributed by atoms with Crippen LogP contribution in [0.25, 0.3) is 44.2 Å². The number of imidazole rings is 2. The molecule has 5 N–H and O–H groups in total. The molecule has 1 unspecified atom stereocenters. The second kappa shape index (κ2) is 17.7. The van der Waals surface area contributed by atoms with E-state index in [0.717, 1.165) is 61.9 Å². The Hall–Kier alpha value is -5.55. The van der Waals surface area contributed by atoms with Gasteiger partial charge in [0, 0.05) is 44.2 Å². The number of fused-ring (bicyclic) bond motifs is 6. The summed E-state index contributed by atoms with van der Waals surface area (Å²) >= 11 is 0. The highest BCUT2D eigenvalue weighted by molar-refractivity contribution is 6.07. The number of carbonyl (C=O) groups is 3. The van der Waals surface area contributed by atoms with Crippen molar-refractivity contribution in [3.63, 3.8) is 0 Å². The molecule has 0 radical (unpaired) electrons. The van der Waals surface area contributed by atoms with E-state index in [1.807, 2.05) is 49.8 Å². The SMILES string of the molecule is COC[C@H]1C[C@@H](c2nc3ccc4cc5c(cc4c3[nH]2)OCc2cc(-c3cnc([C@@H]4C[C@H](C)CN4C(=O)[C@@H](NC(=O)OC)C(C)C)[nH]3)ccc2-5)N(C(=O)[C@@H](NC(O)OC)C(C)C)C1. The van der Waals surface area contributed by atoms with Crippen LogP contribution in [0.5, 0.6) is 5.75 Å². The Labute approximate surface area is 361 Å². The maximum Gasteiger partial charge on any atom is 0.407 e. The number of aromatic amines is 2. The summed E-state index contributed by atoms with van der Waals surface area (Å²) in [4.78, 5) is 60.6. The largest absolute Gasteiger partial charge is 0.488 e. The molecule has 2 fully saturated rings. The number of likely N-dealkylation sites (tertiary alicyclic amines) is 2. The standard InChI is InChI=1S/C46H58N8O8/c1-23(2)38(51-45(57)60-7)43(55)53-19-25(5)13-35(53)41-47-18-34(49-41)28-9-11-30-29(15-28)22-62-37-17-31-27(16-32(30)37)10-12-33-40(31)50-42(48-33)36-14-26(21-59-6)20-54(36)44(56)39(24(3)4)52-46(58)61-8/h9-12,15-18,23-26,35-36,38-39,46,52,58H,13-14,19-22H2,1-8H3,(H,47,49)(H,48,50)(H,51,57)/t25-,26-,35-,36-,38-,39-,46?/m0/s1. The second-order valence-electron chi connectivity index (χ2n) is 17.7. The maximum absolute atomic E-state index is 14.1. The lowest BCUT2D eigenvalue weighted by Gasteiger charge is -2.31. The molecule has 8 rings (SSSR count). The minimum atomic E-state index is -1.27. The van der Waals surface area contributed by atoms with Gasteiger partial charge in [0.15, 0.2) is 0 Å². The van der Waals surface area contributed by atoms with E-state index >= 15 is 0 Å². The highest BCUT2D eigenvalue weighted by atomic mass is 16.6. The lowest BCUT2D eigenvalue weighted by molar-refractivity contribution is -0.145. The van der Waals surface area contributed by atoms with Crippen LogP contribution in [-0.4, -0.2) is 112 Å². The minimum absolute atomic E-state index is 0.103. The molecule has 2 saturated heterocycles. The van der Waals surface area contributed by atoms with Crippen LogP contribution in [0, 0.1) is 23.7 Å². The van der Waals surface area contributed by atoms with Crippen molar-refractivity contribution >= 4 is 39.7 Å². The molecule has 5 aromatic rings. The Morgan fingerprint density at radius 3 is 2.37 bits per heavy atom. The average molecular weight is 851 g/mol.